The fourth-order valence-corrected chi connectivity index (χ4v) is 2.69. The SMILES string of the molecule is CN(C)c1ncc(C2CCCCN2)s1. The van der Waals surface area contributed by atoms with Gasteiger partial charge < -0.3 is 10.2 Å². The van der Waals surface area contributed by atoms with E-state index in [0.29, 0.717) is 6.04 Å². The average molecular weight is 211 g/mol. The van der Waals surface area contributed by atoms with Gasteiger partial charge in [0.2, 0.25) is 0 Å². The standard InChI is InChI=1S/C10H17N3S/c1-13(2)10-12-7-9(14-10)8-5-3-4-6-11-8/h7-8,11H,3-6H2,1-2H3. The second kappa shape index (κ2) is 4.28. The van der Waals surface area contributed by atoms with Crippen LogP contribution in [-0.2, 0) is 0 Å². The van der Waals surface area contributed by atoms with Gasteiger partial charge in [-0.25, -0.2) is 4.98 Å². The summed E-state index contributed by atoms with van der Waals surface area (Å²) in [6, 6.07) is 0.551. The second-order valence-electron chi connectivity index (χ2n) is 3.94. The number of anilines is 1. The molecule has 1 aromatic rings. The van der Waals surface area contributed by atoms with E-state index < -0.39 is 0 Å². The van der Waals surface area contributed by atoms with Crippen molar-refractivity contribution in [2.75, 3.05) is 25.5 Å². The van der Waals surface area contributed by atoms with Gasteiger partial charge in [0.1, 0.15) is 0 Å². The van der Waals surface area contributed by atoms with Gasteiger partial charge in [0.15, 0.2) is 5.13 Å². The third kappa shape index (κ3) is 2.07. The maximum absolute atomic E-state index is 4.40. The lowest BCUT2D eigenvalue weighted by molar-refractivity contribution is 0.417. The average Bonchev–Trinajstić information content (AvgIpc) is 2.68. The van der Waals surface area contributed by atoms with Crippen molar-refractivity contribution in [3.05, 3.63) is 11.1 Å². The molecule has 14 heavy (non-hydrogen) atoms. The summed E-state index contributed by atoms with van der Waals surface area (Å²) in [4.78, 5) is 7.84. The van der Waals surface area contributed by atoms with Crippen LogP contribution in [-0.4, -0.2) is 25.6 Å². The number of rotatable bonds is 2. The van der Waals surface area contributed by atoms with Crippen LogP contribution in [0, 0.1) is 0 Å². The lowest BCUT2D eigenvalue weighted by atomic mass is 10.0. The Labute approximate surface area is 89.1 Å². The lowest BCUT2D eigenvalue weighted by Gasteiger charge is -2.21. The van der Waals surface area contributed by atoms with Crippen LogP contribution < -0.4 is 10.2 Å². The highest BCUT2D eigenvalue weighted by Crippen LogP contribution is 2.30. The zero-order valence-corrected chi connectivity index (χ0v) is 9.60. The van der Waals surface area contributed by atoms with E-state index >= 15 is 0 Å². The summed E-state index contributed by atoms with van der Waals surface area (Å²) in [7, 11) is 4.08. The summed E-state index contributed by atoms with van der Waals surface area (Å²) in [5.74, 6) is 0. The number of nitrogens with one attached hydrogen (secondary N) is 1. The minimum absolute atomic E-state index is 0.551. The molecule has 0 saturated carbocycles. The maximum atomic E-state index is 4.40. The molecule has 1 aromatic heterocycles. The number of thiazole rings is 1. The zero-order valence-electron chi connectivity index (χ0n) is 8.79. The predicted octanol–water partition coefficient (Wildman–Crippen LogP) is 2.02. The van der Waals surface area contributed by atoms with E-state index in [0.717, 1.165) is 11.7 Å². The van der Waals surface area contributed by atoms with Crippen LogP contribution >= 0.6 is 11.3 Å². The van der Waals surface area contributed by atoms with E-state index in [9.17, 15) is 0 Å². The van der Waals surface area contributed by atoms with Crippen molar-refractivity contribution in [3.63, 3.8) is 0 Å². The molecule has 0 aliphatic carbocycles. The smallest absolute Gasteiger partial charge is 0.185 e. The molecule has 1 fully saturated rings. The van der Waals surface area contributed by atoms with E-state index in [-0.39, 0.29) is 0 Å². The molecule has 0 aromatic carbocycles. The van der Waals surface area contributed by atoms with Crippen LogP contribution in [0.3, 0.4) is 0 Å². The van der Waals surface area contributed by atoms with E-state index in [1.54, 1.807) is 11.3 Å². The fraction of sp³-hybridized carbons (Fsp3) is 0.700. The zero-order chi connectivity index (χ0) is 9.97. The summed E-state index contributed by atoms with van der Waals surface area (Å²) >= 11 is 1.80. The first-order chi connectivity index (χ1) is 6.77. The summed E-state index contributed by atoms with van der Waals surface area (Å²) in [6.45, 7) is 1.15. The highest BCUT2D eigenvalue weighted by Gasteiger charge is 2.17. The van der Waals surface area contributed by atoms with Gasteiger partial charge in [-0.1, -0.05) is 6.42 Å². The van der Waals surface area contributed by atoms with E-state index in [1.165, 1.54) is 24.1 Å². The molecule has 2 rings (SSSR count). The number of aromatic nitrogens is 1. The molecule has 0 spiro atoms. The maximum Gasteiger partial charge on any atom is 0.185 e. The molecule has 1 N–H and O–H groups in total. The Kier molecular flexibility index (Phi) is 3.03. The van der Waals surface area contributed by atoms with Crippen molar-refractivity contribution >= 4 is 16.5 Å². The van der Waals surface area contributed by atoms with Crippen molar-refractivity contribution in [3.8, 4) is 0 Å². The van der Waals surface area contributed by atoms with E-state index in [2.05, 4.69) is 15.2 Å². The van der Waals surface area contributed by atoms with Gasteiger partial charge in [0.25, 0.3) is 0 Å². The monoisotopic (exact) mass is 211 g/mol. The van der Waals surface area contributed by atoms with Gasteiger partial charge in [-0.2, -0.15) is 0 Å². The Balaban J connectivity index is 2.07. The molecule has 1 saturated heterocycles. The number of hydrogen-bond donors (Lipinski definition) is 1. The summed E-state index contributed by atoms with van der Waals surface area (Å²) < 4.78 is 0. The molecule has 1 unspecified atom stereocenters. The summed E-state index contributed by atoms with van der Waals surface area (Å²) in [5.41, 5.74) is 0. The fourth-order valence-electron chi connectivity index (χ4n) is 1.74. The van der Waals surface area contributed by atoms with Gasteiger partial charge in [-0.05, 0) is 19.4 Å². The molecule has 1 atom stereocenters. The molecule has 4 heteroatoms. The molecule has 1 aliphatic heterocycles. The normalized spacial score (nSPS) is 22.3. The quantitative estimate of drug-likeness (QED) is 0.811. The molecular formula is C10H17N3S. The van der Waals surface area contributed by atoms with E-state index in [4.69, 9.17) is 0 Å². The molecule has 3 nitrogen and oxygen atoms in total. The molecule has 2 heterocycles. The Morgan fingerprint density at radius 3 is 2.93 bits per heavy atom. The lowest BCUT2D eigenvalue weighted by Crippen LogP contribution is -2.25. The molecule has 78 valence electrons. The first-order valence-electron chi connectivity index (χ1n) is 5.14. The van der Waals surface area contributed by atoms with E-state index in [1.807, 2.05) is 20.3 Å². The van der Waals surface area contributed by atoms with Crippen molar-refractivity contribution in [2.24, 2.45) is 0 Å². The number of piperidine rings is 1. The molecular weight excluding hydrogens is 194 g/mol. The Hall–Kier alpha value is -0.610. The van der Waals surface area contributed by atoms with Crippen LogP contribution in [0.2, 0.25) is 0 Å². The third-order valence-electron chi connectivity index (χ3n) is 2.55. The minimum Gasteiger partial charge on any atom is -0.354 e. The van der Waals surface area contributed by atoms with Gasteiger partial charge in [-0.3, -0.25) is 0 Å². The van der Waals surface area contributed by atoms with Gasteiger partial charge in [-0.15, -0.1) is 11.3 Å². The largest absolute Gasteiger partial charge is 0.354 e. The molecule has 0 bridgehead atoms. The third-order valence-corrected chi connectivity index (χ3v) is 3.83. The number of hydrogen-bond acceptors (Lipinski definition) is 4. The minimum atomic E-state index is 0.551. The highest BCUT2D eigenvalue weighted by atomic mass is 32.1. The predicted molar refractivity (Wildman–Crippen MR) is 61.0 cm³/mol. The van der Waals surface area contributed by atoms with Crippen molar-refractivity contribution in [1.29, 1.82) is 0 Å². The van der Waals surface area contributed by atoms with Crippen LogP contribution in [0.5, 0.6) is 0 Å². The summed E-state index contributed by atoms with van der Waals surface area (Å²) in [6.07, 6.45) is 5.93. The topological polar surface area (TPSA) is 28.2 Å². The number of nitrogens with zero attached hydrogens (tertiary/aromatic N) is 2. The van der Waals surface area contributed by atoms with Crippen LogP contribution in [0.25, 0.3) is 0 Å². The molecule has 0 radical (unpaired) electrons. The molecule has 1 aliphatic rings. The van der Waals surface area contributed by atoms with Gasteiger partial charge in [0.05, 0.1) is 0 Å². The van der Waals surface area contributed by atoms with Crippen molar-refractivity contribution < 1.29 is 0 Å². The van der Waals surface area contributed by atoms with Gasteiger partial charge in [0, 0.05) is 31.2 Å². The first kappa shape index (κ1) is 9.93. The van der Waals surface area contributed by atoms with Crippen LogP contribution in [0.15, 0.2) is 6.20 Å². The Bertz CT molecular complexity index is 289. The van der Waals surface area contributed by atoms with Crippen LogP contribution in [0.1, 0.15) is 30.2 Å². The van der Waals surface area contributed by atoms with Gasteiger partial charge >= 0.3 is 0 Å². The van der Waals surface area contributed by atoms with Crippen molar-refractivity contribution in [2.45, 2.75) is 25.3 Å². The highest BCUT2D eigenvalue weighted by molar-refractivity contribution is 7.15. The summed E-state index contributed by atoms with van der Waals surface area (Å²) in [5, 5.41) is 4.64. The Morgan fingerprint density at radius 2 is 2.36 bits per heavy atom. The second-order valence-corrected chi connectivity index (χ2v) is 4.98. The van der Waals surface area contributed by atoms with Crippen LogP contribution in [0.4, 0.5) is 5.13 Å². The Morgan fingerprint density at radius 1 is 1.50 bits per heavy atom. The van der Waals surface area contributed by atoms with Crippen molar-refractivity contribution in [1.82, 2.24) is 10.3 Å². The molecule has 0 amide bonds. The first-order valence-corrected chi connectivity index (χ1v) is 5.95.